The first kappa shape index (κ1) is 23.6. The van der Waals surface area contributed by atoms with Crippen LogP contribution in [0.4, 0.5) is 10.6 Å². The normalized spacial score (nSPS) is 16.2. The van der Waals surface area contributed by atoms with E-state index in [4.69, 9.17) is 14.5 Å². The highest BCUT2D eigenvalue weighted by Crippen LogP contribution is 2.31. The molecule has 1 saturated heterocycles. The zero-order valence-electron chi connectivity index (χ0n) is 19.9. The van der Waals surface area contributed by atoms with E-state index in [1.807, 2.05) is 17.5 Å². The monoisotopic (exact) mass is 492 g/mol. The molecule has 2 fully saturated rings. The summed E-state index contributed by atoms with van der Waals surface area (Å²) in [7, 11) is 0. The third kappa shape index (κ3) is 6.94. The van der Waals surface area contributed by atoms with Gasteiger partial charge in [0.15, 0.2) is 0 Å². The van der Waals surface area contributed by atoms with Gasteiger partial charge in [-0.15, -0.1) is 11.3 Å². The Balaban J connectivity index is 1.07. The number of benzene rings is 1. The van der Waals surface area contributed by atoms with Crippen LogP contribution in [-0.4, -0.2) is 42.3 Å². The molecular formula is C27H32N4O3S. The number of pyridine rings is 1. The molecule has 0 spiro atoms. The Hall–Kier alpha value is -3.13. The van der Waals surface area contributed by atoms with Crippen LogP contribution in [0.15, 0.2) is 53.4 Å². The van der Waals surface area contributed by atoms with Crippen molar-refractivity contribution in [1.29, 1.82) is 0 Å². The Labute approximate surface area is 210 Å². The largest absolute Gasteiger partial charge is 0.493 e. The van der Waals surface area contributed by atoms with Crippen LogP contribution in [0.25, 0.3) is 11.3 Å². The first-order chi connectivity index (χ1) is 17.2. The van der Waals surface area contributed by atoms with Gasteiger partial charge in [0.25, 0.3) is 0 Å². The molecule has 35 heavy (non-hydrogen) atoms. The number of nitrogens with one attached hydrogen (secondary N) is 1. The molecule has 1 aliphatic heterocycles. The minimum Gasteiger partial charge on any atom is -0.493 e. The lowest BCUT2D eigenvalue weighted by Gasteiger charge is -2.33. The van der Waals surface area contributed by atoms with Crippen molar-refractivity contribution in [3.8, 4) is 17.0 Å². The van der Waals surface area contributed by atoms with Gasteiger partial charge in [0.2, 0.25) is 0 Å². The molecule has 1 N–H and O–H groups in total. The van der Waals surface area contributed by atoms with Gasteiger partial charge in [0.05, 0.1) is 23.5 Å². The maximum Gasteiger partial charge on any atom is 0.407 e. The van der Waals surface area contributed by atoms with Gasteiger partial charge in [-0.2, -0.15) is 0 Å². The Morgan fingerprint density at radius 1 is 1.09 bits per heavy atom. The number of ether oxygens (including phenoxy) is 2. The topological polar surface area (TPSA) is 76.6 Å². The van der Waals surface area contributed by atoms with Crippen molar-refractivity contribution in [3.63, 3.8) is 0 Å². The molecule has 2 aliphatic rings. The number of alkyl carbamates (subject to hydrolysis) is 1. The van der Waals surface area contributed by atoms with E-state index in [9.17, 15) is 4.79 Å². The molecule has 0 unspecified atom stereocenters. The molecule has 3 heterocycles. The maximum atomic E-state index is 11.9. The van der Waals surface area contributed by atoms with Gasteiger partial charge >= 0.3 is 6.09 Å². The van der Waals surface area contributed by atoms with Gasteiger partial charge in [-0.05, 0) is 68.2 Å². The Morgan fingerprint density at radius 2 is 1.94 bits per heavy atom. The minimum atomic E-state index is -0.376. The second kappa shape index (κ2) is 11.5. The summed E-state index contributed by atoms with van der Waals surface area (Å²) >= 11 is 1.49. The maximum absolute atomic E-state index is 11.9. The van der Waals surface area contributed by atoms with Gasteiger partial charge in [0, 0.05) is 30.6 Å². The van der Waals surface area contributed by atoms with E-state index in [2.05, 4.69) is 45.5 Å². The molecule has 2 aromatic heterocycles. The molecule has 1 amide bonds. The highest BCUT2D eigenvalue weighted by atomic mass is 32.1. The molecule has 3 aromatic rings. The number of nitrogens with zero attached hydrogens (tertiary/aromatic N) is 3. The van der Waals surface area contributed by atoms with E-state index in [1.54, 1.807) is 5.51 Å². The van der Waals surface area contributed by atoms with Crippen molar-refractivity contribution in [2.24, 2.45) is 11.8 Å². The van der Waals surface area contributed by atoms with Crippen molar-refractivity contribution < 1.29 is 14.3 Å². The average Bonchev–Trinajstić information content (AvgIpc) is 3.59. The number of hydrogen-bond acceptors (Lipinski definition) is 7. The zero-order valence-corrected chi connectivity index (χ0v) is 20.7. The molecular weight excluding hydrogens is 460 g/mol. The molecule has 1 aliphatic carbocycles. The summed E-state index contributed by atoms with van der Waals surface area (Å²) in [6, 6.07) is 14.5. The molecule has 1 aromatic carbocycles. The van der Waals surface area contributed by atoms with Crippen LogP contribution >= 0.6 is 11.3 Å². The van der Waals surface area contributed by atoms with Gasteiger partial charge in [-0.3, -0.25) is 0 Å². The van der Waals surface area contributed by atoms with Crippen molar-refractivity contribution in [1.82, 2.24) is 15.3 Å². The zero-order chi connectivity index (χ0) is 23.9. The predicted molar refractivity (Wildman–Crippen MR) is 138 cm³/mol. The van der Waals surface area contributed by atoms with Crippen LogP contribution in [0, 0.1) is 11.8 Å². The summed E-state index contributed by atoms with van der Waals surface area (Å²) in [5.41, 5.74) is 4.58. The summed E-state index contributed by atoms with van der Waals surface area (Å²) in [4.78, 5) is 23.3. The number of amides is 1. The number of aromatic nitrogens is 2. The van der Waals surface area contributed by atoms with E-state index >= 15 is 0 Å². The predicted octanol–water partition coefficient (Wildman–Crippen LogP) is 5.53. The molecule has 8 heteroatoms. The first-order valence-corrected chi connectivity index (χ1v) is 13.4. The van der Waals surface area contributed by atoms with Gasteiger partial charge in [-0.1, -0.05) is 18.2 Å². The third-order valence-corrected chi connectivity index (χ3v) is 7.28. The second-order valence-corrected chi connectivity index (χ2v) is 10.1. The standard InChI is InChI=1S/C27H32N4O3S/c32-27(34-17-23-18-35-19-29-23)28-12-9-20-10-13-31(14-11-20)26-6-2-5-25(30-26)22-3-1-4-24(15-22)33-16-21-7-8-21/h1-6,15,18-21H,7-14,16-17H2,(H,28,32). The van der Waals surface area contributed by atoms with E-state index in [0.717, 1.165) is 73.4 Å². The van der Waals surface area contributed by atoms with Crippen LogP contribution in [0.2, 0.25) is 0 Å². The number of rotatable bonds is 10. The van der Waals surface area contributed by atoms with Gasteiger partial charge in [-0.25, -0.2) is 14.8 Å². The SMILES string of the molecule is O=C(NCCC1CCN(c2cccc(-c3cccc(OCC4CC4)c3)n2)CC1)OCc1cscn1. The fourth-order valence-electron chi connectivity index (χ4n) is 4.33. The highest BCUT2D eigenvalue weighted by molar-refractivity contribution is 7.07. The Morgan fingerprint density at radius 3 is 2.74 bits per heavy atom. The smallest absolute Gasteiger partial charge is 0.407 e. The highest BCUT2D eigenvalue weighted by Gasteiger charge is 2.22. The third-order valence-electron chi connectivity index (χ3n) is 6.64. The molecule has 0 atom stereocenters. The Kier molecular flexibility index (Phi) is 7.78. The summed E-state index contributed by atoms with van der Waals surface area (Å²) in [6.07, 6.45) is 5.34. The summed E-state index contributed by atoms with van der Waals surface area (Å²) < 4.78 is 11.2. The number of piperidine rings is 1. The number of anilines is 1. The van der Waals surface area contributed by atoms with Crippen LogP contribution in [-0.2, 0) is 11.3 Å². The van der Waals surface area contributed by atoms with E-state index in [-0.39, 0.29) is 12.7 Å². The molecule has 5 rings (SSSR count). The second-order valence-electron chi connectivity index (χ2n) is 9.37. The number of thiazole rings is 1. The van der Waals surface area contributed by atoms with E-state index in [0.29, 0.717) is 12.5 Å². The van der Waals surface area contributed by atoms with Gasteiger partial charge < -0.3 is 19.7 Å². The lowest BCUT2D eigenvalue weighted by molar-refractivity contribution is 0.137. The molecule has 1 saturated carbocycles. The quantitative estimate of drug-likeness (QED) is 0.401. The minimum absolute atomic E-state index is 0.220. The van der Waals surface area contributed by atoms with E-state index < -0.39 is 0 Å². The van der Waals surface area contributed by atoms with E-state index in [1.165, 1.54) is 24.2 Å². The molecule has 7 nitrogen and oxygen atoms in total. The summed E-state index contributed by atoms with van der Waals surface area (Å²) in [5.74, 6) is 3.27. The summed E-state index contributed by atoms with van der Waals surface area (Å²) in [6.45, 7) is 3.61. The van der Waals surface area contributed by atoms with Crippen LogP contribution < -0.4 is 15.0 Å². The van der Waals surface area contributed by atoms with Crippen LogP contribution in [0.3, 0.4) is 0 Å². The van der Waals surface area contributed by atoms with Crippen molar-refractivity contribution in [2.45, 2.75) is 38.7 Å². The lowest BCUT2D eigenvalue weighted by atomic mass is 9.93. The fourth-order valence-corrected chi connectivity index (χ4v) is 4.88. The molecule has 184 valence electrons. The van der Waals surface area contributed by atoms with Crippen LogP contribution in [0.1, 0.15) is 37.8 Å². The summed E-state index contributed by atoms with van der Waals surface area (Å²) in [5, 5.41) is 4.74. The van der Waals surface area contributed by atoms with Crippen molar-refractivity contribution >= 4 is 23.2 Å². The lowest BCUT2D eigenvalue weighted by Crippen LogP contribution is -2.35. The number of carbonyl (C=O) groups is 1. The van der Waals surface area contributed by atoms with Crippen molar-refractivity contribution in [3.05, 3.63) is 59.0 Å². The van der Waals surface area contributed by atoms with Crippen molar-refractivity contribution in [2.75, 3.05) is 31.1 Å². The number of hydrogen-bond donors (Lipinski definition) is 1. The first-order valence-electron chi connectivity index (χ1n) is 12.5. The molecule has 0 bridgehead atoms. The number of carbonyl (C=O) groups excluding carboxylic acids is 1. The van der Waals surface area contributed by atoms with Gasteiger partial charge in [0.1, 0.15) is 18.2 Å². The van der Waals surface area contributed by atoms with Crippen LogP contribution in [0.5, 0.6) is 5.75 Å². The average molecular weight is 493 g/mol. The fraction of sp³-hybridized carbons (Fsp3) is 0.444. The molecule has 0 radical (unpaired) electrons. The Bertz CT molecular complexity index is 1100.